The molecule has 3 N–H and O–H groups in total. The van der Waals surface area contributed by atoms with E-state index in [0.717, 1.165) is 25.9 Å². The van der Waals surface area contributed by atoms with Crippen molar-refractivity contribution in [3.8, 4) is 0 Å². The molecular formula is C11H24N2O2. The minimum Gasteiger partial charge on any atom is -0.385 e. The molecule has 4 atom stereocenters. The first-order valence-corrected chi connectivity index (χ1v) is 5.79. The summed E-state index contributed by atoms with van der Waals surface area (Å²) in [6.45, 7) is 5.09. The van der Waals surface area contributed by atoms with Crippen molar-refractivity contribution in [3.05, 3.63) is 0 Å². The van der Waals surface area contributed by atoms with Crippen LogP contribution in [0.25, 0.3) is 0 Å². The molecule has 0 amide bonds. The number of hydrogen-bond acceptors (Lipinski definition) is 4. The number of nitrogens with two attached hydrogens (primary N) is 1. The number of ether oxygens (including phenoxy) is 2. The van der Waals surface area contributed by atoms with Gasteiger partial charge in [0.2, 0.25) is 0 Å². The Kier molecular flexibility index (Phi) is 5.53. The van der Waals surface area contributed by atoms with Crippen LogP contribution in [0.2, 0.25) is 0 Å². The van der Waals surface area contributed by atoms with Gasteiger partial charge in [-0.25, -0.2) is 0 Å². The predicted molar refractivity (Wildman–Crippen MR) is 60.3 cm³/mol. The molecular weight excluding hydrogens is 192 g/mol. The lowest BCUT2D eigenvalue weighted by Crippen LogP contribution is -2.48. The van der Waals surface area contributed by atoms with Crippen LogP contribution < -0.4 is 11.3 Å². The summed E-state index contributed by atoms with van der Waals surface area (Å²) >= 11 is 0. The fraction of sp³-hybridized carbons (Fsp3) is 1.00. The summed E-state index contributed by atoms with van der Waals surface area (Å²) in [6.07, 6.45) is 3.89. The van der Waals surface area contributed by atoms with Gasteiger partial charge in [-0.2, -0.15) is 0 Å². The van der Waals surface area contributed by atoms with Crippen molar-refractivity contribution in [3.63, 3.8) is 0 Å². The fourth-order valence-electron chi connectivity index (χ4n) is 2.22. The highest BCUT2D eigenvalue weighted by Gasteiger charge is 2.32. The summed E-state index contributed by atoms with van der Waals surface area (Å²) < 4.78 is 10.9. The lowest BCUT2D eigenvalue weighted by Gasteiger charge is -2.28. The van der Waals surface area contributed by atoms with Gasteiger partial charge in [-0.3, -0.25) is 11.3 Å². The molecule has 1 fully saturated rings. The largest absolute Gasteiger partial charge is 0.385 e. The number of methoxy groups -OCH3 is 1. The minimum atomic E-state index is 0.241. The van der Waals surface area contributed by atoms with Crippen LogP contribution in [0.15, 0.2) is 0 Å². The Hall–Kier alpha value is -0.160. The van der Waals surface area contributed by atoms with Gasteiger partial charge in [0.25, 0.3) is 0 Å². The molecule has 15 heavy (non-hydrogen) atoms. The number of hydrazine groups is 1. The van der Waals surface area contributed by atoms with Gasteiger partial charge >= 0.3 is 0 Å². The quantitative estimate of drug-likeness (QED) is 0.515. The van der Waals surface area contributed by atoms with Gasteiger partial charge in [-0.1, -0.05) is 6.92 Å². The van der Waals surface area contributed by atoms with E-state index in [-0.39, 0.29) is 12.1 Å². The SMILES string of the molecule is COCCC(C)C(NN)C1CCC(C)O1. The Bertz CT molecular complexity index is 178. The Labute approximate surface area is 92.5 Å². The Morgan fingerprint density at radius 2 is 2.27 bits per heavy atom. The van der Waals surface area contributed by atoms with Crippen molar-refractivity contribution < 1.29 is 9.47 Å². The summed E-state index contributed by atoms with van der Waals surface area (Å²) in [7, 11) is 1.73. The first-order chi connectivity index (χ1) is 7.19. The summed E-state index contributed by atoms with van der Waals surface area (Å²) in [5, 5.41) is 0. The van der Waals surface area contributed by atoms with Crippen molar-refractivity contribution in [1.82, 2.24) is 5.43 Å². The molecule has 0 radical (unpaired) electrons. The summed E-state index contributed by atoms with van der Waals surface area (Å²) in [5.41, 5.74) is 2.89. The predicted octanol–water partition coefficient (Wildman–Crippen LogP) is 1.06. The molecule has 0 aliphatic carbocycles. The molecule has 1 aliphatic rings. The van der Waals surface area contributed by atoms with Crippen LogP contribution in [0.3, 0.4) is 0 Å². The molecule has 1 rings (SSSR count). The molecule has 0 aromatic rings. The maximum atomic E-state index is 5.83. The second-order valence-corrected chi connectivity index (χ2v) is 4.51. The molecule has 0 aromatic carbocycles. The molecule has 4 nitrogen and oxygen atoms in total. The van der Waals surface area contributed by atoms with Crippen LogP contribution in [0.4, 0.5) is 0 Å². The zero-order valence-electron chi connectivity index (χ0n) is 10.0. The minimum absolute atomic E-state index is 0.241. The Morgan fingerprint density at radius 1 is 1.53 bits per heavy atom. The van der Waals surface area contributed by atoms with Gasteiger partial charge in [0.05, 0.1) is 12.2 Å². The van der Waals surface area contributed by atoms with Crippen LogP contribution in [0.5, 0.6) is 0 Å². The van der Waals surface area contributed by atoms with Crippen molar-refractivity contribution in [2.75, 3.05) is 13.7 Å². The standard InChI is InChI=1S/C11H24N2O2/c1-8(6-7-14-3)11(13-12)10-5-4-9(2)15-10/h8-11,13H,4-7,12H2,1-3H3. The molecule has 1 aliphatic heterocycles. The first-order valence-electron chi connectivity index (χ1n) is 5.79. The zero-order chi connectivity index (χ0) is 11.3. The van der Waals surface area contributed by atoms with Crippen LogP contribution in [-0.4, -0.2) is 32.0 Å². The van der Waals surface area contributed by atoms with Crippen LogP contribution in [-0.2, 0) is 9.47 Å². The third-order valence-corrected chi connectivity index (χ3v) is 3.25. The van der Waals surface area contributed by atoms with Crippen LogP contribution in [0.1, 0.15) is 33.1 Å². The lowest BCUT2D eigenvalue weighted by atomic mass is 9.93. The third-order valence-electron chi connectivity index (χ3n) is 3.25. The van der Waals surface area contributed by atoms with E-state index >= 15 is 0 Å². The number of rotatable bonds is 6. The highest BCUT2D eigenvalue weighted by Crippen LogP contribution is 2.25. The van der Waals surface area contributed by atoms with Crippen molar-refractivity contribution >= 4 is 0 Å². The van der Waals surface area contributed by atoms with Crippen LogP contribution >= 0.6 is 0 Å². The van der Waals surface area contributed by atoms with E-state index in [1.54, 1.807) is 7.11 Å². The van der Waals surface area contributed by atoms with E-state index in [9.17, 15) is 0 Å². The van der Waals surface area contributed by atoms with Crippen molar-refractivity contribution in [2.45, 2.75) is 51.4 Å². The Balaban J connectivity index is 2.40. The van der Waals surface area contributed by atoms with Crippen molar-refractivity contribution in [1.29, 1.82) is 0 Å². The summed E-state index contributed by atoms with van der Waals surface area (Å²) in [5.74, 6) is 6.08. The zero-order valence-corrected chi connectivity index (χ0v) is 10.0. The van der Waals surface area contributed by atoms with E-state index in [4.69, 9.17) is 15.3 Å². The Morgan fingerprint density at radius 3 is 2.73 bits per heavy atom. The van der Waals surface area contributed by atoms with E-state index in [1.165, 1.54) is 0 Å². The smallest absolute Gasteiger partial charge is 0.0748 e. The van der Waals surface area contributed by atoms with E-state index < -0.39 is 0 Å². The molecule has 0 aromatic heterocycles. The lowest BCUT2D eigenvalue weighted by molar-refractivity contribution is 0.0152. The second-order valence-electron chi connectivity index (χ2n) is 4.51. The fourth-order valence-corrected chi connectivity index (χ4v) is 2.22. The van der Waals surface area contributed by atoms with Gasteiger partial charge in [-0.05, 0) is 32.1 Å². The van der Waals surface area contributed by atoms with Gasteiger partial charge in [0, 0.05) is 19.8 Å². The highest BCUT2D eigenvalue weighted by molar-refractivity contribution is 4.84. The molecule has 0 bridgehead atoms. The van der Waals surface area contributed by atoms with Crippen molar-refractivity contribution in [2.24, 2.45) is 11.8 Å². The summed E-state index contributed by atoms with van der Waals surface area (Å²) in [4.78, 5) is 0. The van der Waals surface area contributed by atoms with E-state index in [0.29, 0.717) is 12.0 Å². The molecule has 4 unspecified atom stereocenters. The van der Waals surface area contributed by atoms with Gasteiger partial charge in [-0.15, -0.1) is 0 Å². The molecule has 90 valence electrons. The van der Waals surface area contributed by atoms with E-state index in [2.05, 4.69) is 19.3 Å². The average Bonchev–Trinajstić information content (AvgIpc) is 2.63. The maximum absolute atomic E-state index is 5.83. The number of hydrogen-bond donors (Lipinski definition) is 2. The summed E-state index contributed by atoms with van der Waals surface area (Å²) in [6, 6.07) is 0.241. The molecule has 1 heterocycles. The van der Waals surface area contributed by atoms with Crippen LogP contribution in [0, 0.1) is 5.92 Å². The van der Waals surface area contributed by atoms with Gasteiger partial charge in [0.15, 0.2) is 0 Å². The maximum Gasteiger partial charge on any atom is 0.0748 e. The molecule has 0 spiro atoms. The molecule has 0 saturated carbocycles. The highest BCUT2D eigenvalue weighted by atomic mass is 16.5. The average molecular weight is 216 g/mol. The van der Waals surface area contributed by atoms with Gasteiger partial charge in [0.1, 0.15) is 0 Å². The number of nitrogens with one attached hydrogen (secondary N) is 1. The molecule has 4 heteroatoms. The normalized spacial score (nSPS) is 30.4. The van der Waals surface area contributed by atoms with E-state index in [1.807, 2.05) is 0 Å². The monoisotopic (exact) mass is 216 g/mol. The first kappa shape index (κ1) is 12.9. The second kappa shape index (κ2) is 6.43. The topological polar surface area (TPSA) is 56.5 Å². The molecule has 1 saturated heterocycles. The third kappa shape index (κ3) is 3.72. The van der Waals surface area contributed by atoms with Gasteiger partial charge < -0.3 is 9.47 Å².